The van der Waals surface area contributed by atoms with Gasteiger partial charge in [0.1, 0.15) is 12.4 Å². The SMILES string of the molecule is COC(=O)Cn1sc2cc(F)ccc2c1=O. The summed E-state index contributed by atoms with van der Waals surface area (Å²) in [6.45, 7) is -0.143. The van der Waals surface area contributed by atoms with E-state index in [-0.39, 0.29) is 12.1 Å². The molecule has 0 radical (unpaired) electrons. The van der Waals surface area contributed by atoms with E-state index >= 15 is 0 Å². The molecule has 1 aromatic carbocycles. The van der Waals surface area contributed by atoms with Crippen LogP contribution in [0.1, 0.15) is 0 Å². The molecule has 2 aromatic rings. The Morgan fingerprint density at radius 3 is 3.00 bits per heavy atom. The van der Waals surface area contributed by atoms with Crippen LogP contribution in [0.4, 0.5) is 4.39 Å². The van der Waals surface area contributed by atoms with Gasteiger partial charge in [0, 0.05) is 0 Å². The van der Waals surface area contributed by atoms with Crippen molar-refractivity contribution in [3.05, 3.63) is 34.4 Å². The molecule has 0 saturated carbocycles. The van der Waals surface area contributed by atoms with Gasteiger partial charge < -0.3 is 4.74 Å². The van der Waals surface area contributed by atoms with Crippen LogP contribution >= 0.6 is 11.5 Å². The predicted molar refractivity (Wildman–Crippen MR) is 58.1 cm³/mol. The summed E-state index contributed by atoms with van der Waals surface area (Å²) in [5.41, 5.74) is -0.301. The number of methoxy groups -OCH3 is 1. The van der Waals surface area contributed by atoms with Crippen molar-refractivity contribution in [2.75, 3.05) is 7.11 Å². The smallest absolute Gasteiger partial charge is 0.326 e. The first-order valence-corrected chi connectivity index (χ1v) is 5.25. The van der Waals surface area contributed by atoms with E-state index in [1.54, 1.807) is 0 Å². The molecule has 0 amide bonds. The lowest BCUT2D eigenvalue weighted by molar-refractivity contribution is -0.141. The number of benzene rings is 1. The molecule has 16 heavy (non-hydrogen) atoms. The number of aromatic nitrogens is 1. The fourth-order valence-electron chi connectivity index (χ4n) is 1.33. The number of ether oxygens (including phenoxy) is 1. The number of hydrogen-bond acceptors (Lipinski definition) is 4. The van der Waals surface area contributed by atoms with E-state index in [2.05, 4.69) is 4.74 Å². The third-order valence-corrected chi connectivity index (χ3v) is 3.16. The second kappa shape index (κ2) is 4.05. The van der Waals surface area contributed by atoms with E-state index < -0.39 is 11.8 Å². The van der Waals surface area contributed by atoms with Gasteiger partial charge in [0.05, 0.1) is 17.2 Å². The molecular formula is C10H8FNO3S. The summed E-state index contributed by atoms with van der Waals surface area (Å²) in [6.07, 6.45) is 0. The van der Waals surface area contributed by atoms with Crippen LogP contribution < -0.4 is 5.56 Å². The van der Waals surface area contributed by atoms with Crippen LogP contribution in [0, 0.1) is 5.82 Å². The van der Waals surface area contributed by atoms with E-state index in [0.717, 1.165) is 11.5 Å². The van der Waals surface area contributed by atoms with E-state index in [0.29, 0.717) is 10.1 Å². The third kappa shape index (κ3) is 1.83. The Hall–Kier alpha value is -1.69. The Kier molecular flexibility index (Phi) is 2.74. The number of esters is 1. The Bertz CT molecular complexity index is 602. The monoisotopic (exact) mass is 241 g/mol. The average molecular weight is 241 g/mol. The number of carbonyl (C=O) groups excluding carboxylic acids is 1. The van der Waals surface area contributed by atoms with Gasteiger partial charge in [0.2, 0.25) is 0 Å². The quantitative estimate of drug-likeness (QED) is 0.746. The lowest BCUT2D eigenvalue weighted by atomic mass is 10.3. The molecule has 0 aliphatic rings. The largest absolute Gasteiger partial charge is 0.468 e. The summed E-state index contributed by atoms with van der Waals surface area (Å²) in [6, 6.07) is 3.91. The van der Waals surface area contributed by atoms with Crippen LogP contribution in [0.25, 0.3) is 10.1 Å². The Morgan fingerprint density at radius 2 is 2.31 bits per heavy atom. The van der Waals surface area contributed by atoms with Gasteiger partial charge in [-0.25, -0.2) is 4.39 Å². The second-order valence-electron chi connectivity index (χ2n) is 3.15. The highest BCUT2D eigenvalue weighted by molar-refractivity contribution is 7.13. The molecule has 0 bridgehead atoms. The number of hydrogen-bond donors (Lipinski definition) is 0. The summed E-state index contributed by atoms with van der Waals surface area (Å²) in [7, 11) is 1.25. The van der Waals surface area contributed by atoms with Gasteiger partial charge in [-0.1, -0.05) is 11.5 Å². The van der Waals surface area contributed by atoms with Crippen molar-refractivity contribution in [3.63, 3.8) is 0 Å². The average Bonchev–Trinajstić information content (AvgIpc) is 2.55. The Labute approximate surface area is 94.0 Å². The summed E-state index contributed by atoms with van der Waals surface area (Å²) in [5.74, 6) is -0.909. The fraction of sp³-hybridized carbons (Fsp3) is 0.200. The first kappa shape index (κ1) is 10.8. The van der Waals surface area contributed by atoms with Gasteiger partial charge in [-0.3, -0.25) is 13.5 Å². The minimum Gasteiger partial charge on any atom is -0.468 e. The maximum Gasteiger partial charge on any atom is 0.326 e. The summed E-state index contributed by atoms with van der Waals surface area (Å²) in [4.78, 5) is 22.8. The normalized spacial score (nSPS) is 10.6. The number of nitrogens with zero attached hydrogens (tertiary/aromatic N) is 1. The third-order valence-electron chi connectivity index (χ3n) is 2.11. The van der Waals surface area contributed by atoms with Crippen molar-refractivity contribution >= 4 is 27.6 Å². The molecule has 2 rings (SSSR count). The molecule has 0 saturated heterocycles. The number of rotatable bonds is 2. The van der Waals surface area contributed by atoms with E-state index in [4.69, 9.17) is 0 Å². The standard InChI is InChI=1S/C10H8FNO3S/c1-15-9(13)5-12-10(14)7-3-2-6(11)4-8(7)16-12/h2-4H,5H2,1H3. The van der Waals surface area contributed by atoms with Crippen LogP contribution in [-0.2, 0) is 16.1 Å². The minimum absolute atomic E-state index is 0.143. The van der Waals surface area contributed by atoms with E-state index in [1.165, 1.54) is 29.3 Å². The molecule has 0 fully saturated rings. The molecule has 1 aromatic heterocycles. The maximum atomic E-state index is 12.9. The van der Waals surface area contributed by atoms with E-state index in [1.807, 2.05) is 0 Å². The van der Waals surface area contributed by atoms with Crippen LogP contribution in [0.3, 0.4) is 0 Å². The molecule has 0 unspecified atom stereocenters. The Balaban J connectivity index is 2.52. The highest BCUT2D eigenvalue weighted by Gasteiger charge is 2.11. The van der Waals surface area contributed by atoms with Crippen LogP contribution in [-0.4, -0.2) is 17.0 Å². The van der Waals surface area contributed by atoms with Crippen molar-refractivity contribution in [2.45, 2.75) is 6.54 Å². The minimum atomic E-state index is -0.505. The van der Waals surface area contributed by atoms with Crippen LogP contribution in [0.2, 0.25) is 0 Å². The number of fused-ring (bicyclic) bond motifs is 1. The highest BCUT2D eigenvalue weighted by atomic mass is 32.1. The van der Waals surface area contributed by atoms with Crippen LogP contribution in [0.5, 0.6) is 0 Å². The van der Waals surface area contributed by atoms with Gasteiger partial charge >= 0.3 is 5.97 Å². The number of halogens is 1. The molecule has 0 aliphatic carbocycles. The second-order valence-corrected chi connectivity index (χ2v) is 4.21. The lowest BCUT2D eigenvalue weighted by Crippen LogP contribution is -2.19. The van der Waals surface area contributed by atoms with E-state index in [9.17, 15) is 14.0 Å². The maximum absolute atomic E-state index is 12.9. The molecule has 4 nitrogen and oxygen atoms in total. The molecule has 0 N–H and O–H groups in total. The van der Waals surface area contributed by atoms with Gasteiger partial charge in [-0.2, -0.15) is 0 Å². The Morgan fingerprint density at radius 1 is 1.56 bits per heavy atom. The van der Waals surface area contributed by atoms with Crippen LogP contribution in [0.15, 0.2) is 23.0 Å². The van der Waals surface area contributed by atoms with Gasteiger partial charge in [-0.05, 0) is 18.2 Å². The molecular weight excluding hydrogens is 233 g/mol. The van der Waals surface area contributed by atoms with Crippen molar-refractivity contribution < 1.29 is 13.9 Å². The molecule has 0 atom stereocenters. The molecule has 6 heteroatoms. The summed E-state index contributed by atoms with van der Waals surface area (Å²) >= 11 is 1.05. The molecule has 84 valence electrons. The highest BCUT2D eigenvalue weighted by Crippen LogP contribution is 2.17. The zero-order valence-electron chi connectivity index (χ0n) is 8.40. The van der Waals surface area contributed by atoms with Crippen molar-refractivity contribution in [3.8, 4) is 0 Å². The topological polar surface area (TPSA) is 48.3 Å². The summed E-state index contributed by atoms with van der Waals surface area (Å²) in [5, 5.41) is 0.412. The van der Waals surface area contributed by atoms with Gasteiger partial charge in [0.25, 0.3) is 5.56 Å². The first-order chi connectivity index (χ1) is 7.61. The van der Waals surface area contributed by atoms with Crippen molar-refractivity contribution in [2.24, 2.45) is 0 Å². The first-order valence-electron chi connectivity index (χ1n) is 4.48. The molecule has 0 spiro atoms. The predicted octanol–water partition coefficient (Wildman–Crippen LogP) is 1.38. The van der Waals surface area contributed by atoms with Gasteiger partial charge in [0.15, 0.2) is 0 Å². The van der Waals surface area contributed by atoms with Crippen molar-refractivity contribution in [1.82, 2.24) is 3.96 Å². The number of carbonyl (C=O) groups is 1. The molecule has 1 heterocycles. The van der Waals surface area contributed by atoms with Gasteiger partial charge in [-0.15, -0.1) is 0 Å². The zero-order chi connectivity index (χ0) is 11.7. The molecule has 0 aliphatic heterocycles. The zero-order valence-corrected chi connectivity index (χ0v) is 9.21. The summed E-state index contributed by atoms with van der Waals surface area (Å²) < 4.78 is 19.1. The lowest BCUT2D eigenvalue weighted by Gasteiger charge is -1.96. The fourth-order valence-corrected chi connectivity index (χ4v) is 2.34. The van der Waals surface area contributed by atoms with Crippen molar-refractivity contribution in [1.29, 1.82) is 0 Å².